The van der Waals surface area contributed by atoms with E-state index in [1.54, 1.807) is 19.3 Å². The van der Waals surface area contributed by atoms with Gasteiger partial charge >= 0.3 is 0 Å². The van der Waals surface area contributed by atoms with Crippen LogP contribution in [0.5, 0.6) is 0 Å². The lowest BCUT2D eigenvalue weighted by atomic mass is 9.37. The lowest BCUT2D eigenvalue weighted by Gasteiger charge is -2.59. The third-order valence-electron chi connectivity index (χ3n) is 8.54. The van der Waals surface area contributed by atoms with Gasteiger partial charge in [-0.1, -0.05) is 38.5 Å². The molecule has 0 aromatic heterocycles. The molecular formula is C20H33BO. The molecule has 22 heavy (non-hydrogen) atoms. The second-order valence-corrected chi connectivity index (χ2v) is 9.90. The molecule has 1 unspecified atom stereocenters. The van der Waals surface area contributed by atoms with Gasteiger partial charge in [0, 0.05) is 6.10 Å². The maximum Gasteiger partial charge on any atom is 0.299 e. The van der Waals surface area contributed by atoms with Crippen LogP contribution in [-0.4, -0.2) is 13.0 Å². The summed E-state index contributed by atoms with van der Waals surface area (Å²) in [5.74, 6) is 4.99. The van der Waals surface area contributed by atoms with Gasteiger partial charge in [-0.05, 0) is 80.3 Å². The van der Waals surface area contributed by atoms with Gasteiger partial charge in [-0.15, -0.1) is 0 Å². The molecule has 1 nitrogen and oxygen atoms in total. The summed E-state index contributed by atoms with van der Waals surface area (Å²) in [6.07, 6.45) is 18.5. The first kappa shape index (κ1) is 14.4. The summed E-state index contributed by atoms with van der Waals surface area (Å²) in [4.78, 5) is 0. The maximum atomic E-state index is 6.94. The Morgan fingerprint density at radius 2 is 1.27 bits per heavy atom. The van der Waals surface area contributed by atoms with Gasteiger partial charge < -0.3 is 4.65 Å². The topological polar surface area (TPSA) is 9.23 Å². The molecular weight excluding hydrogens is 267 g/mol. The third-order valence-corrected chi connectivity index (χ3v) is 8.54. The summed E-state index contributed by atoms with van der Waals surface area (Å²) in [6.45, 7) is 3.10. The summed E-state index contributed by atoms with van der Waals surface area (Å²) < 4.78 is 6.94. The molecule has 0 N–H and O–H groups in total. The molecule has 6 rings (SSSR count). The molecule has 0 radical (unpaired) electrons. The van der Waals surface area contributed by atoms with Crippen LogP contribution in [0.4, 0.5) is 0 Å². The van der Waals surface area contributed by atoms with E-state index < -0.39 is 0 Å². The van der Waals surface area contributed by atoms with Gasteiger partial charge in [-0.3, -0.25) is 0 Å². The normalized spacial score (nSPS) is 51.1. The highest BCUT2D eigenvalue weighted by Crippen LogP contribution is 2.62. The first-order valence-electron chi connectivity index (χ1n) is 10.4. The van der Waals surface area contributed by atoms with Crippen LogP contribution in [-0.2, 0) is 4.65 Å². The summed E-state index contributed by atoms with van der Waals surface area (Å²) in [7, 11) is 0. The first-order valence-corrected chi connectivity index (χ1v) is 10.4. The molecule has 2 saturated heterocycles. The van der Waals surface area contributed by atoms with E-state index >= 15 is 0 Å². The Morgan fingerprint density at radius 3 is 1.73 bits per heavy atom. The second-order valence-electron chi connectivity index (χ2n) is 9.90. The van der Waals surface area contributed by atoms with Crippen LogP contribution in [0.2, 0.25) is 11.6 Å². The van der Waals surface area contributed by atoms with Gasteiger partial charge in [-0.25, -0.2) is 0 Å². The Kier molecular flexibility index (Phi) is 3.44. The van der Waals surface area contributed by atoms with E-state index in [9.17, 15) is 0 Å². The first-order chi connectivity index (χ1) is 10.7. The third kappa shape index (κ3) is 2.23. The fraction of sp³-hybridized carbons (Fsp3) is 1.00. The van der Waals surface area contributed by atoms with Gasteiger partial charge in [0.2, 0.25) is 0 Å². The van der Waals surface area contributed by atoms with Crippen molar-refractivity contribution >= 4 is 6.92 Å². The molecule has 2 heterocycles. The number of hydrogen-bond donors (Lipinski definition) is 0. The van der Waals surface area contributed by atoms with Crippen molar-refractivity contribution in [3.05, 3.63) is 0 Å². The van der Waals surface area contributed by atoms with Gasteiger partial charge in [0.15, 0.2) is 0 Å². The van der Waals surface area contributed by atoms with Gasteiger partial charge in [0.25, 0.3) is 6.92 Å². The number of fused-ring (bicyclic) bond motifs is 2. The molecule has 2 heteroatoms. The number of hydrogen-bond acceptors (Lipinski definition) is 1. The molecule has 0 amide bonds. The van der Waals surface area contributed by atoms with Gasteiger partial charge in [-0.2, -0.15) is 0 Å². The molecule has 0 spiro atoms. The van der Waals surface area contributed by atoms with Crippen LogP contribution in [0.15, 0.2) is 0 Å². The van der Waals surface area contributed by atoms with Gasteiger partial charge in [0.05, 0.1) is 0 Å². The van der Waals surface area contributed by atoms with Crippen molar-refractivity contribution in [2.75, 3.05) is 0 Å². The second kappa shape index (κ2) is 5.26. The van der Waals surface area contributed by atoms with Gasteiger partial charge in [0.1, 0.15) is 0 Å². The van der Waals surface area contributed by atoms with Crippen molar-refractivity contribution in [2.24, 2.45) is 23.2 Å². The lowest BCUT2D eigenvalue weighted by Crippen LogP contribution is -2.53. The molecule has 4 aliphatic carbocycles. The zero-order valence-corrected chi connectivity index (χ0v) is 14.4. The molecule has 6 bridgehead atoms. The minimum atomic E-state index is 0.534. The Labute approximate surface area is 137 Å². The highest BCUT2D eigenvalue weighted by atomic mass is 16.4. The van der Waals surface area contributed by atoms with Crippen molar-refractivity contribution in [1.82, 2.24) is 0 Å². The average Bonchev–Trinajstić information content (AvgIpc) is 2.45. The van der Waals surface area contributed by atoms with E-state index in [-0.39, 0.29) is 0 Å². The SMILES string of the molecule is CC(OB1C2CCCC1CCC2)C12CC3CC(CC(C3)C1)C2. The molecule has 122 valence electrons. The summed E-state index contributed by atoms with van der Waals surface area (Å²) in [5.41, 5.74) is 0.584. The lowest BCUT2D eigenvalue weighted by molar-refractivity contribution is -0.108. The zero-order valence-electron chi connectivity index (χ0n) is 14.4. The van der Waals surface area contributed by atoms with E-state index in [1.165, 1.54) is 57.8 Å². The van der Waals surface area contributed by atoms with Crippen molar-refractivity contribution in [1.29, 1.82) is 0 Å². The van der Waals surface area contributed by atoms with E-state index in [0.29, 0.717) is 18.4 Å². The highest BCUT2D eigenvalue weighted by molar-refractivity contribution is 6.56. The summed E-state index contributed by atoms with van der Waals surface area (Å²) in [5, 5.41) is 0. The Bertz CT molecular complexity index is 376. The largest absolute Gasteiger partial charge is 0.432 e. The fourth-order valence-electron chi connectivity index (χ4n) is 7.89. The van der Waals surface area contributed by atoms with E-state index in [1.807, 2.05) is 0 Å². The summed E-state index contributed by atoms with van der Waals surface area (Å²) >= 11 is 0. The molecule has 2 aliphatic heterocycles. The maximum absolute atomic E-state index is 6.94. The van der Waals surface area contributed by atoms with E-state index in [2.05, 4.69) is 6.92 Å². The van der Waals surface area contributed by atoms with Crippen LogP contribution in [0.3, 0.4) is 0 Å². The minimum Gasteiger partial charge on any atom is -0.432 e. The average molecular weight is 300 g/mol. The summed E-state index contributed by atoms with van der Waals surface area (Å²) in [6, 6.07) is 0. The Morgan fingerprint density at radius 1 is 0.818 bits per heavy atom. The highest BCUT2D eigenvalue weighted by Gasteiger charge is 2.54. The molecule has 0 aromatic carbocycles. The predicted octanol–water partition coefficient (Wildman–Crippen LogP) is 5.71. The molecule has 6 aliphatic rings. The molecule has 1 atom stereocenters. The van der Waals surface area contributed by atoms with E-state index in [4.69, 9.17) is 4.65 Å². The van der Waals surface area contributed by atoms with E-state index in [0.717, 1.165) is 29.4 Å². The Balaban J connectivity index is 1.33. The quantitative estimate of drug-likeness (QED) is 0.607. The molecule has 4 saturated carbocycles. The standard InChI is InChI=1S/C20H33BO/c1-14(22-21-18-4-2-5-19(21)7-3-6-18)20-11-15-8-16(12-20)10-17(9-15)13-20/h14-19H,2-13H2,1H3. The number of rotatable bonds is 3. The van der Waals surface area contributed by atoms with Crippen molar-refractivity contribution in [3.8, 4) is 0 Å². The fourth-order valence-corrected chi connectivity index (χ4v) is 7.89. The minimum absolute atomic E-state index is 0.534. The van der Waals surface area contributed by atoms with Crippen LogP contribution in [0.25, 0.3) is 0 Å². The Hall–Kier alpha value is 0.0249. The van der Waals surface area contributed by atoms with Crippen molar-refractivity contribution < 1.29 is 4.65 Å². The van der Waals surface area contributed by atoms with Crippen LogP contribution >= 0.6 is 0 Å². The smallest absolute Gasteiger partial charge is 0.299 e. The molecule has 6 fully saturated rings. The van der Waals surface area contributed by atoms with Crippen molar-refractivity contribution in [2.45, 2.75) is 102 Å². The molecule has 0 aromatic rings. The van der Waals surface area contributed by atoms with Crippen LogP contribution < -0.4 is 0 Å². The monoisotopic (exact) mass is 300 g/mol. The zero-order chi connectivity index (χ0) is 14.7. The predicted molar refractivity (Wildman–Crippen MR) is 92.1 cm³/mol. The van der Waals surface area contributed by atoms with Crippen LogP contribution in [0.1, 0.15) is 84.0 Å². The van der Waals surface area contributed by atoms with Crippen molar-refractivity contribution in [3.63, 3.8) is 0 Å². The van der Waals surface area contributed by atoms with Crippen LogP contribution in [0, 0.1) is 23.2 Å².